The second-order valence-electron chi connectivity index (χ2n) is 4.84. The number of hydrogen-bond donors (Lipinski definition) is 1. The summed E-state index contributed by atoms with van der Waals surface area (Å²) in [5.41, 5.74) is -0.447. The fraction of sp³-hybridized carbons (Fsp3) is 0.692. The molecule has 1 saturated carbocycles. The van der Waals surface area contributed by atoms with Gasteiger partial charge in [-0.3, -0.25) is 0 Å². The average molecular weight is 303 g/mol. The maximum absolute atomic E-state index is 10.8. The van der Waals surface area contributed by atoms with Gasteiger partial charge >= 0.3 is 0 Å². The van der Waals surface area contributed by atoms with Crippen LogP contribution in [0.15, 0.2) is 15.9 Å². The standard InChI is InChI=1S/C13H19BrOS/c1-2-10-5-3-4-8-13(10,15)9-11-6-7-12(14)16-11/h6-7,10,15H,2-5,8-9H2,1H3. The van der Waals surface area contributed by atoms with Gasteiger partial charge in [0.05, 0.1) is 9.39 Å². The van der Waals surface area contributed by atoms with E-state index in [1.807, 2.05) is 0 Å². The topological polar surface area (TPSA) is 20.2 Å². The highest BCUT2D eigenvalue weighted by Crippen LogP contribution is 2.39. The van der Waals surface area contributed by atoms with Crippen LogP contribution in [0, 0.1) is 5.92 Å². The predicted octanol–water partition coefficient (Wildman–Crippen LogP) is 4.38. The van der Waals surface area contributed by atoms with E-state index < -0.39 is 5.60 Å². The van der Waals surface area contributed by atoms with Crippen molar-refractivity contribution in [3.63, 3.8) is 0 Å². The molecule has 0 bridgehead atoms. The van der Waals surface area contributed by atoms with Crippen LogP contribution in [0.3, 0.4) is 0 Å². The van der Waals surface area contributed by atoms with Gasteiger partial charge < -0.3 is 5.11 Å². The van der Waals surface area contributed by atoms with Gasteiger partial charge in [0.1, 0.15) is 0 Å². The van der Waals surface area contributed by atoms with Crippen molar-refractivity contribution in [3.05, 3.63) is 20.8 Å². The molecule has 1 aromatic rings. The second-order valence-corrected chi connectivity index (χ2v) is 7.38. The van der Waals surface area contributed by atoms with E-state index in [4.69, 9.17) is 0 Å². The molecule has 2 rings (SSSR count). The van der Waals surface area contributed by atoms with Crippen LogP contribution < -0.4 is 0 Å². The van der Waals surface area contributed by atoms with E-state index in [1.165, 1.54) is 24.1 Å². The molecule has 0 saturated heterocycles. The van der Waals surface area contributed by atoms with E-state index in [1.54, 1.807) is 11.3 Å². The van der Waals surface area contributed by atoms with Crippen LogP contribution in [-0.4, -0.2) is 10.7 Å². The fourth-order valence-corrected chi connectivity index (χ4v) is 4.46. The Labute approximate surface area is 110 Å². The van der Waals surface area contributed by atoms with E-state index in [0.717, 1.165) is 23.0 Å². The van der Waals surface area contributed by atoms with Crippen molar-refractivity contribution >= 4 is 27.3 Å². The molecule has 1 heterocycles. The van der Waals surface area contributed by atoms with E-state index in [9.17, 15) is 5.11 Å². The number of thiophene rings is 1. The highest BCUT2D eigenvalue weighted by Gasteiger charge is 2.37. The molecule has 0 aromatic carbocycles. The quantitative estimate of drug-likeness (QED) is 0.878. The summed E-state index contributed by atoms with van der Waals surface area (Å²) >= 11 is 5.23. The van der Waals surface area contributed by atoms with Crippen LogP contribution >= 0.6 is 27.3 Å². The van der Waals surface area contributed by atoms with Crippen LogP contribution in [-0.2, 0) is 6.42 Å². The molecule has 0 amide bonds. The molecule has 2 atom stereocenters. The molecule has 16 heavy (non-hydrogen) atoms. The summed E-state index contributed by atoms with van der Waals surface area (Å²) in [6, 6.07) is 4.21. The van der Waals surface area contributed by atoms with Gasteiger partial charge in [-0.25, -0.2) is 0 Å². The van der Waals surface area contributed by atoms with Gasteiger partial charge in [0, 0.05) is 11.3 Å². The maximum atomic E-state index is 10.8. The first-order chi connectivity index (χ1) is 7.64. The van der Waals surface area contributed by atoms with Crippen molar-refractivity contribution in [2.75, 3.05) is 0 Å². The third-order valence-electron chi connectivity index (χ3n) is 3.77. The first-order valence-electron chi connectivity index (χ1n) is 6.10. The van der Waals surface area contributed by atoms with Crippen molar-refractivity contribution in [3.8, 4) is 0 Å². The van der Waals surface area contributed by atoms with Crippen molar-refractivity contribution in [2.24, 2.45) is 5.92 Å². The SMILES string of the molecule is CCC1CCCCC1(O)Cc1ccc(Br)s1. The van der Waals surface area contributed by atoms with Gasteiger partial charge in [0.15, 0.2) is 0 Å². The summed E-state index contributed by atoms with van der Waals surface area (Å²) in [5, 5.41) is 10.8. The number of halogens is 1. The summed E-state index contributed by atoms with van der Waals surface area (Å²) < 4.78 is 1.16. The van der Waals surface area contributed by atoms with Crippen LogP contribution in [0.25, 0.3) is 0 Å². The minimum Gasteiger partial charge on any atom is -0.389 e. The van der Waals surface area contributed by atoms with Crippen molar-refractivity contribution in [1.82, 2.24) is 0 Å². The van der Waals surface area contributed by atoms with Gasteiger partial charge in [-0.2, -0.15) is 0 Å². The van der Waals surface area contributed by atoms with Gasteiger partial charge in [-0.05, 0) is 46.8 Å². The lowest BCUT2D eigenvalue weighted by Gasteiger charge is -2.39. The minimum absolute atomic E-state index is 0.447. The van der Waals surface area contributed by atoms with Crippen LogP contribution in [0.2, 0.25) is 0 Å². The number of hydrogen-bond acceptors (Lipinski definition) is 2. The van der Waals surface area contributed by atoms with Crippen LogP contribution in [0.1, 0.15) is 43.9 Å². The van der Waals surface area contributed by atoms with Gasteiger partial charge in [0.2, 0.25) is 0 Å². The Bertz CT molecular complexity index is 349. The molecule has 1 N–H and O–H groups in total. The van der Waals surface area contributed by atoms with Gasteiger partial charge in [-0.15, -0.1) is 11.3 Å². The van der Waals surface area contributed by atoms with Crippen molar-refractivity contribution in [1.29, 1.82) is 0 Å². The Morgan fingerprint density at radius 3 is 2.94 bits per heavy atom. The molecule has 1 fully saturated rings. The Morgan fingerprint density at radius 2 is 2.31 bits per heavy atom. The maximum Gasteiger partial charge on any atom is 0.0723 e. The molecule has 90 valence electrons. The first-order valence-corrected chi connectivity index (χ1v) is 7.71. The molecular weight excluding hydrogens is 284 g/mol. The number of aliphatic hydroxyl groups is 1. The zero-order chi connectivity index (χ0) is 11.6. The lowest BCUT2D eigenvalue weighted by molar-refractivity contribution is -0.0485. The van der Waals surface area contributed by atoms with Crippen molar-refractivity contribution < 1.29 is 5.11 Å². The lowest BCUT2D eigenvalue weighted by atomic mass is 9.72. The molecule has 0 aliphatic heterocycles. The third kappa shape index (κ3) is 2.69. The molecule has 1 aliphatic carbocycles. The largest absolute Gasteiger partial charge is 0.389 e. The summed E-state index contributed by atoms with van der Waals surface area (Å²) in [5.74, 6) is 0.488. The highest BCUT2D eigenvalue weighted by atomic mass is 79.9. The summed E-state index contributed by atoms with van der Waals surface area (Å²) in [7, 11) is 0. The Balaban J connectivity index is 2.10. The molecule has 2 unspecified atom stereocenters. The molecule has 0 radical (unpaired) electrons. The highest BCUT2D eigenvalue weighted by molar-refractivity contribution is 9.11. The zero-order valence-corrected chi connectivity index (χ0v) is 12.1. The summed E-state index contributed by atoms with van der Waals surface area (Å²) in [6.45, 7) is 2.20. The molecular formula is C13H19BrOS. The molecule has 1 aliphatic rings. The Hall–Kier alpha value is 0.140. The van der Waals surface area contributed by atoms with E-state index >= 15 is 0 Å². The molecule has 3 heteroatoms. The minimum atomic E-state index is -0.447. The van der Waals surface area contributed by atoms with Gasteiger partial charge in [0.25, 0.3) is 0 Å². The lowest BCUT2D eigenvalue weighted by Crippen LogP contribution is -2.42. The van der Waals surface area contributed by atoms with E-state index in [-0.39, 0.29) is 0 Å². The molecule has 1 aromatic heterocycles. The first kappa shape index (κ1) is 12.6. The van der Waals surface area contributed by atoms with E-state index in [0.29, 0.717) is 5.92 Å². The fourth-order valence-electron chi connectivity index (χ4n) is 2.86. The van der Waals surface area contributed by atoms with Crippen LogP contribution in [0.4, 0.5) is 0 Å². The zero-order valence-electron chi connectivity index (χ0n) is 9.71. The average Bonchev–Trinajstić information content (AvgIpc) is 2.64. The summed E-state index contributed by atoms with van der Waals surface area (Å²) in [4.78, 5) is 1.30. The normalized spacial score (nSPS) is 30.6. The monoisotopic (exact) mass is 302 g/mol. The smallest absolute Gasteiger partial charge is 0.0723 e. The number of rotatable bonds is 3. The van der Waals surface area contributed by atoms with Crippen molar-refractivity contribution in [2.45, 2.75) is 51.0 Å². The Morgan fingerprint density at radius 1 is 1.50 bits per heavy atom. The molecule has 1 nitrogen and oxygen atoms in total. The van der Waals surface area contributed by atoms with E-state index in [2.05, 4.69) is 35.0 Å². The summed E-state index contributed by atoms with van der Waals surface area (Å²) in [6.07, 6.45) is 6.57. The predicted molar refractivity (Wildman–Crippen MR) is 72.9 cm³/mol. The third-order valence-corrected chi connectivity index (χ3v) is 5.40. The molecule has 0 spiro atoms. The van der Waals surface area contributed by atoms with Crippen LogP contribution in [0.5, 0.6) is 0 Å². The second kappa shape index (κ2) is 5.19. The Kier molecular flexibility index (Phi) is 4.09. The van der Waals surface area contributed by atoms with Gasteiger partial charge in [-0.1, -0.05) is 26.2 Å².